The lowest BCUT2D eigenvalue weighted by Crippen LogP contribution is -2.58. The fraction of sp³-hybridized carbons (Fsp3) is 0.659. The number of carbonyl (C=O) groups is 5. The molecule has 306 valence electrons. The zero-order chi connectivity index (χ0) is 40.7. The first kappa shape index (κ1) is 45.5. The number of ether oxygens (including phenoxy) is 1. The molecule has 1 aromatic carbocycles. The Hall–Kier alpha value is -3.88. The van der Waals surface area contributed by atoms with Crippen LogP contribution in [0.15, 0.2) is 29.6 Å². The number of likely N-dealkylation sites (tertiary alicyclic amines) is 1. The van der Waals surface area contributed by atoms with Gasteiger partial charge in [-0.2, -0.15) is 0 Å². The smallest absolute Gasteiger partial charge is 0.307 e. The van der Waals surface area contributed by atoms with E-state index in [1.165, 1.54) is 4.90 Å². The highest BCUT2D eigenvalue weighted by Gasteiger charge is 2.38. The third-order valence-corrected chi connectivity index (χ3v) is 11.5. The first-order chi connectivity index (χ1) is 26.2. The normalized spacial score (nSPS) is 18.2. The molecule has 0 saturated carbocycles. The van der Waals surface area contributed by atoms with Crippen LogP contribution in [0, 0.1) is 17.8 Å². The van der Waals surface area contributed by atoms with Gasteiger partial charge >= 0.3 is 5.97 Å². The highest BCUT2D eigenvalue weighted by molar-refractivity contribution is 7.09. The lowest BCUT2D eigenvalue weighted by Gasteiger charge is -2.39. The Morgan fingerprint density at radius 1 is 1.05 bits per heavy atom. The molecule has 1 fully saturated rings. The predicted molar refractivity (Wildman–Crippen MR) is 212 cm³/mol. The number of aldehydes is 1. The molecule has 7 atom stereocenters. The van der Waals surface area contributed by atoms with Gasteiger partial charge in [0.25, 0.3) is 5.91 Å². The molecular formula is C41H63N5O8S. The number of aliphatic hydroxyl groups is 1. The molecule has 0 radical (unpaired) electrons. The van der Waals surface area contributed by atoms with Crippen molar-refractivity contribution in [3.8, 4) is 5.75 Å². The summed E-state index contributed by atoms with van der Waals surface area (Å²) in [6.45, 7) is 11.8. The van der Waals surface area contributed by atoms with E-state index in [9.17, 15) is 34.2 Å². The standard InChI is InChI=1S/C41H63N5O8S/c1-8-13-36(50)54-25-46(41(53)37(28(6)9-2)44-39(52)33-14-11-10-12-19-45(33)7)34(26(3)4)22-35(49)40-43-32(24-55-40)38(51)42-30(20-27(5)23-47)21-29-15-17-31(48)18-16-29/h15-18,23-24,26-28,30,33-35,37,48-49H,8-14,19-22,25H2,1-7H3,(H,42,51)(H,44,52)/t27-,28?,30+,33+,34+,35+,37-/m0/s1. The number of phenolic OH excluding ortho intramolecular Hbond substituents is 1. The van der Waals surface area contributed by atoms with Gasteiger partial charge < -0.3 is 35.3 Å². The summed E-state index contributed by atoms with van der Waals surface area (Å²) in [5.74, 6) is -2.10. The van der Waals surface area contributed by atoms with E-state index in [0.29, 0.717) is 32.1 Å². The summed E-state index contributed by atoms with van der Waals surface area (Å²) in [7, 11) is 1.93. The summed E-state index contributed by atoms with van der Waals surface area (Å²) in [5, 5.41) is 29.2. The quantitative estimate of drug-likeness (QED) is 0.0728. The number of likely N-dealkylation sites (N-methyl/N-ethyl adjacent to an activating group) is 1. The zero-order valence-electron chi connectivity index (χ0n) is 33.7. The summed E-state index contributed by atoms with van der Waals surface area (Å²) >= 11 is 1.12. The number of rotatable bonds is 21. The maximum Gasteiger partial charge on any atom is 0.307 e. The minimum Gasteiger partial charge on any atom is -0.508 e. The molecule has 1 unspecified atom stereocenters. The molecule has 1 saturated heterocycles. The molecule has 3 amide bonds. The number of thiazole rings is 1. The Kier molecular flexibility index (Phi) is 18.7. The number of aliphatic hydroxyl groups excluding tert-OH is 1. The highest BCUT2D eigenvalue weighted by Crippen LogP contribution is 2.29. The van der Waals surface area contributed by atoms with Gasteiger partial charge in [0.1, 0.15) is 34.9 Å². The second kappa shape index (κ2) is 22.6. The van der Waals surface area contributed by atoms with Crippen molar-refractivity contribution in [2.75, 3.05) is 20.3 Å². The van der Waals surface area contributed by atoms with Gasteiger partial charge in [-0.05, 0) is 75.2 Å². The van der Waals surface area contributed by atoms with Gasteiger partial charge in [0.05, 0.1) is 6.04 Å². The third kappa shape index (κ3) is 14.0. The lowest BCUT2D eigenvalue weighted by molar-refractivity contribution is -0.159. The average molecular weight is 786 g/mol. The molecule has 1 aliphatic heterocycles. The first-order valence-electron chi connectivity index (χ1n) is 19.8. The van der Waals surface area contributed by atoms with Gasteiger partial charge in [-0.1, -0.05) is 72.9 Å². The second-order valence-electron chi connectivity index (χ2n) is 15.4. The first-order valence-corrected chi connectivity index (χ1v) is 20.7. The zero-order valence-corrected chi connectivity index (χ0v) is 34.5. The number of aromatic nitrogens is 1. The van der Waals surface area contributed by atoms with E-state index < -0.39 is 42.0 Å². The molecule has 0 spiro atoms. The van der Waals surface area contributed by atoms with Gasteiger partial charge in [-0.15, -0.1) is 11.3 Å². The van der Waals surface area contributed by atoms with E-state index in [1.807, 2.05) is 46.6 Å². The van der Waals surface area contributed by atoms with Crippen LogP contribution in [0.2, 0.25) is 0 Å². The number of benzene rings is 1. The van der Waals surface area contributed by atoms with Crippen LogP contribution >= 0.6 is 11.3 Å². The number of phenols is 1. The molecule has 1 aromatic heterocycles. The molecule has 2 aromatic rings. The summed E-state index contributed by atoms with van der Waals surface area (Å²) in [4.78, 5) is 73.8. The summed E-state index contributed by atoms with van der Waals surface area (Å²) in [6, 6.07) is 4.40. The van der Waals surface area contributed by atoms with E-state index in [-0.39, 0.29) is 65.7 Å². The van der Waals surface area contributed by atoms with Crippen molar-refractivity contribution >= 4 is 41.3 Å². The fourth-order valence-corrected chi connectivity index (χ4v) is 7.74. The maximum absolute atomic E-state index is 14.6. The van der Waals surface area contributed by atoms with Crippen LogP contribution in [-0.4, -0.2) is 99.5 Å². The Morgan fingerprint density at radius 2 is 1.76 bits per heavy atom. The molecule has 2 heterocycles. The molecule has 3 rings (SSSR count). The van der Waals surface area contributed by atoms with Crippen LogP contribution < -0.4 is 10.6 Å². The Bertz CT molecular complexity index is 1530. The maximum atomic E-state index is 14.6. The second-order valence-corrected chi connectivity index (χ2v) is 16.3. The van der Waals surface area contributed by atoms with Crippen molar-refractivity contribution in [3.05, 3.63) is 45.9 Å². The molecule has 0 aliphatic carbocycles. The number of hydrogen-bond donors (Lipinski definition) is 4. The Morgan fingerprint density at radius 3 is 2.40 bits per heavy atom. The Balaban J connectivity index is 1.85. The van der Waals surface area contributed by atoms with Crippen LogP contribution in [-0.2, 0) is 30.3 Å². The van der Waals surface area contributed by atoms with Crippen molar-refractivity contribution in [2.45, 2.75) is 136 Å². The molecule has 1 aliphatic rings. The van der Waals surface area contributed by atoms with Gasteiger partial charge in [0.2, 0.25) is 11.8 Å². The summed E-state index contributed by atoms with van der Waals surface area (Å²) in [6.07, 6.45) is 5.60. The molecule has 13 nitrogen and oxygen atoms in total. The van der Waals surface area contributed by atoms with E-state index in [1.54, 1.807) is 36.6 Å². The SMILES string of the molecule is CCCC(=O)OCN(C(=O)[C@@H](NC(=O)[C@H]1CCCCCN1C)C(C)CC)[C@H](C[C@@H](O)c1nc(C(=O)N[C@@H](Cc2ccc(O)cc2)C[C@H](C)C=O)cs1)C(C)C. The van der Waals surface area contributed by atoms with Crippen molar-refractivity contribution in [3.63, 3.8) is 0 Å². The number of carbonyl (C=O) groups excluding carboxylic acids is 5. The largest absolute Gasteiger partial charge is 0.508 e. The van der Waals surface area contributed by atoms with Crippen molar-refractivity contribution in [2.24, 2.45) is 17.8 Å². The number of aromatic hydroxyl groups is 1. The van der Waals surface area contributed by atoms with Gasteiger partial charge in [-0.3, -0.25) is 24.1 Å². The monoisotopic (exact) mass is 785 g/mol. The highest BCUT2D eigenvalue weighted by atomic mass is 32.1. The fourth-order valence-electron chi connectivity index (χ4n) is 6.94. The lowest BCUT2D eigenvalue weighted by atomic mass is 9.92. The third-order valence-electron chi connectivity index (χ3n) is 10.5. The summed E-state index contributed by atoms with van der Waals surface area (Å²) in [5.41, 5.74) is 0.987. The number of nitrogens with zero attached hydrogens (tertiary/aromatic N) is 3. The van der Waals surface area contributed by atoms with Crippen molar-refractivity contribution < 1.29 is 38.9 Å². The van der Waals surface area contributed by atoms with E-state index in [0.717, 1.165) is 49.0 Å². The molecule has 55 heavy (non-hydrogen) atoms. The average Bonchev–Trinajstić information content (AvgIpc) is 3.56. The van der Waals surface area contributed by atoms with Gasteiger partial charge in [-0.25, -0.2) is 4.98 Å². The molecule has 14 heteroatoms. The van der Waals surface area contributed by atoms with E-state index in [2.05, 4.69) is 15.6 Å². The van der Waals surface area contributed by atoms with E-state index >= 15 is 0 Å². The van der Waals surface area contributed by atoms with Gasteiger partial charge in [0, 0.05) is 36.2 Å². The minimum atomic E-state index is -1.17. The molecule has 0 bridgehead atoms. The molecule has 4 N–H and O–H groups in total. The topological polar surface area (TPSA) is 178 Å². The van der Waals surface area contributed by atoms with Crippen LogP contribution in [0.1, 0.15) is 126 Å². The van der Waals surface area contributed by atoms with Gasteiger partial charge in [0.15, 0.2) is 6.73 Å². The predicted octanol–water partition coefficient (Wildman–Crippen LogP) is 5.40. The number of esters is 1. The van der Waals surface area contributed by atoms with Crippen LogP contribution in [0.3, 0.4) is 0 Å². The number of amides is 3. The van der Waals surface area contributed by atoms with Crippen LogP contribution in [0.25, 0.3) is 0 Å². The van der Waals surface area contributed by atoms with Crippen molar-refractivity contribution in [1.82, 2.24) is 25.4 Å². The minimum absolute atomic E-state index is 0.0379. The van der Waals surface area contributed by atoms with Crippen LogP contribution in [0.4, 0.5) is 0 Å². The number of nitrogens with one attached hydrogen (secondary N) is 2. The van der Waals surface area contributed by atoms with E-state index in [4.69, 9.17) is 4.74 Å². The number of hydrogen-bond acceptors (Lipinski definition) is 11. The summed E-state index contributed by atoms with van der Waals surface area (Å²) < 4.78 is 5.62. The van der Waals surface area contributed by atoms with Crippen molar-refractivity contribution in [1.29, 1.82) is 0 Å². The van der Waals surface area contributed by atoms with Crippen LogP contribution in [0.5, 0.6) is 5.75 Å². The molecular weight excluding hydrogens is 723 g/mol. The Labute approximate surface area is 330 Å².